The van der Waals surface area contributed by atoms with Gasteiger partial charge in [-0.25, -0.2) is 4.98 Å². The number of anilines is 1. The average molecular weight is 582 g/mol. The fourth-order valence-electron chi connectivity index (χ4n) is 5.78. The molecule has 0 radical (unpaired) electrons. The van der Waals surface area contributed by atoms with Gasteiger partial charge in [0, 0.05) is 13.1 Å². The number of fused-ring (bicyclic) bond motifs is 2. The van der Waals surface area contributed by atoms with Gasteiger partial charge in [-0.2, -0.15) is 9.97 Å². The third kappa shape index (κ3) is 5.21. The first-order valence-electron chi connectivity index (χ1n) is 12.0. The summed E-state index contributed by atoms with van der Waals surface area (Å²) in [6.07, 6.45) is 0.922. The SMILES string of the molecule is CC[C@@]1(O)[C@@H](COP(=O)(O)CP(=O)(O)O)O[C@@H](n2cnc3c(N4C[C@H]5CCC[C@H]5C4)nc(Cl)nc32)[C@@H]1O. The van der Waals surface area contributed by atoms with E-state index in [-0.39, 0.29) is 17.4 Å². The minimum atomic E-state index is -4.84. The van der Waals surface area contributed by atoms with Gasteiger partial charge in [0.2, 0.25) is 5.28 Å². The first-order chi connectivity index (χ1) is 17.3. The number of nitrogens with zero attached hydrogens (tertiary/aromatic N) is 5. The number of aliphatic hydroxyl groups is 2. The Morgan fingerprint density at radius 2 is 1.89 bits per heavy atom. The second-order valence-electron chi connectivity index (χ2n) is 10.0. The molecule has 3 aliphatic rings. The maximum atomic E-state index is 12.1. The van der Waals surface area contributed by atoms with E-state index in [9.17, 15) is 24.2 Å². The third-order valence-corrected chi connectivity index (χ3v) is 11.3. The fraction of sp³-hybridized carbons (Fsp3) is 0.750. The van der Waals surface area contributed by atoms with Crippen LogP contribution in [0.1, 0.15) is 38.8 Å². The van der Waals surface area contributed by atoms with Crippen molar-refractivity contribution in [2.75, 3.05) is 30.5 Å². The van der Waals surface area contributed by atoms with Crippen LogP contribution in [0.4, 0.5) is 5.82 Å². The summed E-state index contributed by atoms with van der Waals surface area (Å²) >= 11 is 6.27. The van der Waals surface area contributed by atoms with Crippen LogP contribution < -0.4 is 4.90 Å². The molecule has 14 nitrogen and oxygen atoms in total. The van der Waals surface area contributed by atoms with Crippen LogP contribution in [0.5, 0.6) is 0 Å². The van der Waals surface area contributed by atoms with Crippen LogP contribution in [-0.2, 0) is 18.4 Å². The molecule has 4 heterocycles. The lowest BCUT2D eigenvalue weighted by Gasteiger charge is -2.30. The van der Waals surface area contributed by atoms with Crippen LogP contribution in [0, 0.1) is 11.8 Å². The van der Waals surface area contributed by atoms with Crippen LogP contribution >= 0.6 is 26.8 Å². The molecule has 2 aliphatic heterocycles. The second-order valence-corrected chi connectivity index (χ2v) is 14.4. The fourth-order valence-corrected chi connectivity index (χ4v) is 8.50. The number of ether oxygens (including phenoxy) is 1. The minimum Gasteiger partial charge on any atom is -0.385 e. The number of hydrogen-bond donors (Lipinski definition) is 5. The predicted octanol–water partition coefficient (Wildman–Crippen LogP) is 1.45. The van der Waals surface area contributed by atoms with Gasteiger partial charge in [0.25, 0.3) is 0 Å². The van der Waals surface area contributed by atoms with Crippen molar-refractivity contribution in [1.82, 2.24) is 19.5 Å². The highest BCUT2D eigenvalue weighted by Crippen LogP contribution is 2.56. The van der Waals surface area contributed by atoms with E-state index in [2.05, 4.69) is 19.9 Å². The van der Waals surface area contributed by atoms with Crippen molar-refractivity contribution in [2.45, 2.75) is 56.6 Å². The molecule has 2 aromatic rings. The van der Waals surface area contributed by atoms with E-state index in [4.69, 9.17) is 30.6 Å². The van der Waals surface area contributed by atoms with E-state index in [1.54, 1.807) is 6.92 Å². The van der Waals surface area contributed by atoms with Crippen molar-refractivity contribution >= 4 is 43.8 Å². The van der Waals surface area contributed by atoms with Crippen molar-refractivity contribution in [3.8, 4) is 0 Å². The molecule has 1 unspecified atom stereocenters. The van der Waals surface area contributed by atoms with Gasteiger partial charge < -0.3 is 39.1 Å². The topological polar surface area (TPSA) is 201 Å². The van der Waals surface area contributed by atoms with Crippen molar-refractivity contribution in [3.63, 3.8) is 0 Å². The van der Waals surface area contributed by atoms with Gasteiger partial charge in [0.05, 0.1) is 12.9 Å². The molecule has 5 N–H and O–H groups in total. The molecule has 2 saturated heterocycles. The number of aliphatic hydroxyl groups excluding tert-OH is 1. The standard InChI is InChI=1S/C20H30ClN5O9P2/c1-2-20(28)13(8-34-37(32,33)10-36(29,30)31)35-18(15(20)27)26-9-22-14-16(23-19(21)24-17(14)26)25-6-11-4-3-5-12(11)7-25/h9,11-13,15,18,27-28H,2-8,10H2,1H3,(H,32,33)(H2,29,30,31)/t11-,12+,13-,15+,18-,20-/m1/s1. The Kier molecular flexibility index (Phi) is 7.24. The number of halogens is 1. The monoisotopic (exact) mass is 581 g/mol. The minimum absolute atomic E-state index is 0.0157. The smallest absolute Gasteiger partial charge is 0.340 e. The lowest BCUT2D eigenvalue weighted by atomic mass is 9.89. The molecule has 17 heteroatoms. The molecule has 206 valence electrons. The number of aromatic nitrogens is 4. The molecule has 1 aliphatic carbocycles. The van der Waals surface area contributed by atoms with Crippen LogP contribution in [0.15, 0.2) is 6.33 Å². The maximum absolute atomic E-state index is 12.1. The molecule has 37 heavy (non-hydrogen) atoms. The molecule has 0 amide bonds. The summed E-state index contributed by atoms with van der Waals surface area (Å²) in [5.74, 6) is 0.393. The summed E-state index contributed by atoms with van der Waals surface area (Å²) in [5.41, 5.74) is -1.16. The summed E-state index contributed by atoms with van der Waals surface area (Å²) in [7, 11) is -9.54. The Balaban J connectivity index is 1.42. The zero-order chi connectivity index (χ0) is 26.8. The summed E-state index contributed by atoms with van der Waals surface area (Å²) in [6.45, 7) is 2.57. The molecule has 0 bridgehead atoms. The molecule has 2 aromatic heterocycles. The van der Waals surface area contributed by atoms with E-state index < -0.39 is 51.7 Å². The van der Waals surface area contributed by atoms with E-state index in [0.717, 1.165) is 13.1 Å². The highest BCUT2D eigenvalue weighted by molar-refractivity contribution is 7.70. The van der Waals surface area contributed by atoms with Gasteiger partial charge in [0.1, 0.15) is 17.8 Å². The first kappa shape index (κ1) is 27.4. The van der Waals surface area contributed by atoms with E-state index in [1.165, 1.54) is 30.2 Å². The lowest BCUT2D eigenvalue weighted by molar-refractivity contribution is -0.0918. The second kappa shape index (κ2) is 9.78. The Morgan fingerprint density at radius 3 is 2.51 bits per heavy atom. The van der Waals surface area contributed by atoms with Gasteiger partial charge in [0.15, 0.2) is 29.1 Å². The maximum Gasteiger partial charge on any atom is 0.340 e. The Morgan fingerprint density at radius 1 is 1.22 bits per heavy atom. The summed E-state index contributed by atoms with van der Waals surface area (Å²) < 4.78 is 35.4. The van der Waals surface area contributed by atoms with Crippen molar-refractivity contribution in [3.05, 3.63) is 11.6 Å². The number of rotatable bonds is 8. The molecule has 0 aromatic carbocycles. The molecule has 5 rings (SSSR count). The van der Waals surface area contributed by atoms with Crippen LogP contribution in [0.3, 0.4) is 0 Å². The number of imidazole rings is 1. The zero-order valence-corrected chi connectivity index (χ0v) is 22.5. The average Bonchev–Trinajstić information content (AvgIpc) is 3.54. The highest BCUT2D eigenvalue weighted by Gasteiger charge is 2.56. The summed E-state index contributed by atoms with van der Waals surface area (Å²) in [4.78, 5) is 43.2. The van der Waals surface area contributed by atoms with Crippen molar-refractivity contribution < 1.29 is 43.3 Å². The molecular weight excluding hydrogens is 552 g/mol. The molecule has 0 spiro atoms. The third-order valence-electron chi connectivity index (χ3n) is 7.68. The molecule has 7 atom stereocenters. The van der Waals surface area contributed by atoms with Crippen molar-refractivity contribution in [1.29, 1.82) is 0 Å². The van der Waals surface area contributed by atoms with E-state index in [1.807, 2.05) is 0 Å². The quantitative estimate of drug-likeness (QED) is 0.222. The summed E-state index contributed by atoms with van der Waals surface area (Å²) in [5, 5.41) is 22.2. The van der Waals surface area contributed by atoms with Gasteiger partial charge >= 0.3 is 15.2 Å². The Hall–Kier alpha value is -1.18. The highest BCUT2D eigenvalue weighted by atomic mass is 35.5. The van der Waals surface area contributed by atoms with Crippen LogP contribution in [-0.4, -0.2) is 87.8 Å². The molecular formula is C20H30ClN5O9P2. The van der Waals surface area contributed by atoms with E-state index in [0.29, 0.717) is 23.2 Å². The van der Waals surface area contributed by atoms with E-state index >= 15 is 0 Å². The summed E-state index contributed by atoms with van der Waals surface area (Å²) in [6, 6.07) is 0. The van der Waals surface area contributed by atoms with Crippen molar-refractivity contribution in [2.24, 2.45) is 11.8 Å². The lowest BCUT2D eigenvalue weighted by Crippen LogP contribution is -2.48. The predicted molar refractivity (Wildman–Crippen MR) is 131 cm³/mol. The molecule has 3 fully saturated rings. The largest absolute Gasteiger partial charge is 0.385 e. The van der Waals surface area contributed by atoms with Gasteiger partial charge in [-0.1, -0.05) is 13.3 Å². The van der Waals surface area contributed by atoms with Crippen LogP contribution in [0.2, 0.25) is 5.28 Å². The van der Waals surface area contributed by atoms with Gasteiger partial charge in [-0.15, -0.1) is 0 Å². The van der Waals surface area contributed by atoms with Gasteiger partial charge in [-0.05, 0) is 42.7 Å². The van der Waals surface area contributed by atoms with Gasteiger partial charge in [-0.3, -0.25) is 13.7 Å². The Labute approximate surface area is 217 Å². The normalized spacial score (nSPS) is 33.8. The van der Waals surface area contributed by atoms with Crippen LogP contribution in [0.25, 0.3) is 11.2 Å². The molecule has 1 saturated carbocycles. The zero-order valence-electron chi connectivity index (χ0n) is 20.0. The number of hydrogen-bond acceptors (Lipinski definition) is 10. The first-order valence-corrected chi connectivity index (χ1v) is 16.0. The Bertz CT molecular complexity index is 1260.